The molecule has 2 rings (SSSR count). The topological polar surface area (TPSA) is 67.6 Å². The van der Waals surface area contributed by atoms with Gasteiger partial charge in [-0.1, -0.05) is 33.8 Å². The van der Waals surface area contributed by atoms with Gasteiger partial charge in [0.2, 0.25) is 0 Å². The van der Waals surface area contributed by atoms with E-state index in [-0.39, 0.29) is 6.03 Å². The van der Waals surface area contributed by atoms with Crippen LogP contribution in [0.4, 0.5) is 16.2 Å². The average Bonchev–Trinajstić information content (AvgIpc) is 2.52. The van der Waals surface area contributed by atoms with Crippen LogP contribution in [0.2, 0.25) is 0 Å². The molecule has 2 amide bonds. The lowest BCUT2D eigenvalue weighted by atomic mass is 10.3. The third-order valence-electron chi connectivity index (χ3n) is 2.44. The molecule has 20 heavy (non-hydrogen) atoms. The van der Waals surface area contributed by atoms with Crippen LogP contribution < -0.4 is 11.1 Å². The van der Waals surface area contributed by atoms with Gasteiger partial charge in [-0.25, -0.2) is 4.79 Å². The zero-order valence-electron chi connectivity index (χ0n) is 13.0. The summed E-state index contributed by atoms with van der Waals surface area (Å²) in [6.07, 6.45) is 0. The van der Waals surface area contributed by atoms with Crippen LogP contribution in [-0.4, -0.2) is 37.2 Å². The second kappa shape index (κ2) is 11.1. The second-order valence-electron chi connectivity index (χ2n) is 3.66. The average molecular weight is 281 g/mol. The van der Waals surface area contributed by atoms with Gasteiger partial charge in [-0.2, -0.15) is 0 Å². The largest absolute Gasteiger partial charge is 0.399 e. The zero-order valence-corrected chi connectivity index (χ0v) is 13.0. The predicted molar refractivity (Wildman–Crippen MR) is 85.0 cm³/mol. The maximum absolute atomic E-state index is 11.8. The van der Waals surface area contributed by atoms with Crippen molar-refractivity contribution >= 4 is 17.4 Å². The summed E-state index contributed by atoms with van der Waals surface area (Å²) >= 11 is 0. The van der Waals surface area contributed by atoms with Gasteiger partial charge in [0.05, 0.1) is 13.2 Å². The SMILES string of the molecule is CC.CC.Nc1cccc(NC(=O)N2CCOCC2)c1. The van der Waals surface area contributed by atoms with E-state index in [9.17, 15) is 4.79 Å². The first-order chi connectivity index (χ1) is 9.75. The minimum Gasteiger partial charge on any atom is -0.399 e. The van der Waals surface area contributed by atoms with Crippen molar-refractivity contribution in [2.75, 3.05) is 37.4 Å². The highest BCUT2D eigenvalue weighted by atomic mass is 16.5. The molecular weight excluding hydrogens is 254 g/mol. The molecule has 1 aromatic rings. The van der Waals surface area contributed by atoms with Crippen LogP contribution in [0.15, 0.2) is 24.3 Å². The molecule has 0 saturated carbocycles. The Morgan fingerprint density at radius 3 is 2.35 bits per heavy atom. The Hall–Kier alpha value is -1.75. The number of nitrogens with two attached hydrogens (primary N) is 1. The predicted octanol–water partition coefficient (Wildman–Crippen LogP) is 3.19. The lowest BCUT2D eigenvalue weighted by Gasteiger charge is -2.26. The van der Waals surface area contributed by atoms with Gasteiger partial charge in [0.1, 0.15) is 0 Å². The third-order valence-corrected chi connectivity index (χ3v) is 2.44. The summed E-state index contributed by atoms with van der Waals surface area (Å²) < 4.78 is 5.18. The maximum Gasteiger partial charge on any atom is 0.322 e. The Kier molecular flexibility index (Phi) is 10.1. The first-order valence-corrected chi connectivity index (χ1v) is 7.25. The molecule has 1 heterocycles. The van der Waals surface area contributed by atoms with Crippen molar-refractivity contribution in [2.24, 2.45) is 0 Å². The van der Waals surface area contributed by atoms with Crippen molar-refractivity contribution in [3.05, 3.63) is 24.3 Å². The number of nitrogens with one attached hydrogen (secondary N) is 1. The normalized spacial score (nSPS) is 13.3. The number of morpholine rings is 1. The van der Waals surface area contributed by atoms with Crippen LogP contribution in [0.25, 0.3) is 0 Å². The number of anilines is 2. The Morgan fingerprint density at radius 1 is 1.20 bits per heavy atom. The van der Waals surface area contributed by atoms with Crippen molar-refractivity contribution in [3.63, 3.8) is 0 Å². The van der Waals surface area contributed by atoms with Crippen LogP contribution in [0, 0.1) is 0 Å². The summed E-state index contributed by atoms with van der Waals surface area (Å²) in [6, 6.07) is 7.04. The number of hydrogen-bond donors (Lipinski definition) is 2. The highest BCUT2D eigenvalue weighted by Gasteiger charge is 2.16. The van der Waals surface area contributed by atoms with Crippen molar-refractivity contribution in [3.8, 4) is 0 Å². The molecule has 5 heteroatoms. The molecule has 1 aliphatic heterocycles. The second-order valence-corrected chi connectivity index (χ2v) is 3.66. The number of hydrogen-bond acceptors (Lipinski definition) is 3. The smallest absolute Gasteiger partial charge is 0.322 e. The van der Waals surface area contributed by atoms with Gasteiger partial charge >= 0.3 is 6.03 Å². The molecule has 0 bridgehead atoms. The van der Waals surface area contributed by atoms with Gasteiger partial charge in [-0.05, 0) is 18.2 Å². The third kappa shape index (κ3) is 6.43. The first-order valence-electron chi connectivity index (χ1n) is 7.25. The molecule has 1 saturated heterocycles. The van der Waals surface area contributed by atoms with Crippen molar-refractivity contribution in [1.82, 2.24) is 4.90 Å². The standard InChI is InChI=1S/C11H15N3O2.2C2H6/c12-9-2-1-3-10(8-9)13-11(15)14-4-6-16-7-5-14;2*1-2/h1-3,8H,4-7,12H2,(H,13,15);2*1-2H3. The minimum absolute atomic E-state index is 0.103. The van der Waals surface area contributed by atoms with E-state index in [1.807, 2.05) is 39.8 Å². The molecule has 0 aromatic heterocycles. The Morgan fingerprint density at radius 2 is 1.80 bits per heavy atom. The molecular formula is C15H27N3O2. The molecule has 0 radical (unpaired) electrons. The molecule has 0 aliphatic carbocycles. The van der Waals surface area contributed by atoms with Crippen LogP contribution in [-0.2, 0) is 4.74 Å². The fraction of sp³-hybridized carbons (Fsp3) is 0.533. The van der Waals surface area contributed by atoms with Gasteiger partial charge < -0.3 is 20.7 Å². The fourth-order valence-corrected chi connectivity index (χ4v) is 1.59. The zero-order chi connectivity index (χ0) is 15.4. The summed E-state index contributed by atoms with van der Waals surface area (Å²) in [7, 11) is 0. The number of amides is 2. The molecule has 5 nitrogen and oxygen atoms in total. The highest BCUT2D eigenvalue weighted by molar-refractivity contribution is 5.89. The van der Waals surface area contributed by atoms with Crippen LogP contribution >= 0.6 is 0 Å². The Labute approximate surface area is 122 Å². The Balaban J connectivity index is 0.000000829. The van der Waals surface area contributed by atoms with E-state index in [2.05, 4.69) is 5.32 Å². The lowest BCUT2D eigenvalue weighted by molar-refractivity contribution is 0.0564. The number of carbonyl (C=O) groups excluding carboxylic acids is 1. The van der Waals surface area contributed by atoms with Gasteiger partial charge in [0.25, 0.3) is 0 Å². The van der Waals surface area contributed by atoms with Crippen LogP contribution in [0.3, 0.4) is 0 Å². The summed E-state index contributed by atoms with van der Waals surface area (Å²) in [5.41, 5.74) is 6.99. The van der Waals surface area contributed by atoms with Gasteiger partial charge in [-0.15, -0.1) is 0 Å². The van der Waals surface area contributed by atoms with Crippen molar-refractivity contribution < 1.29 is 9.53 Å². The molecule has 114 valence electrons. The van der Waals surface area contributed by atoms with Gasteiger partial charge in [0.15, 0.2) is 0 Å². The van der Waals surface area contributed by atoms with E-state index < -0.39 is 0 Å². The highest BCUT2D eigenvalue weighted by Crippen LogP contribution is 2.12. The monoisotopic (exact) mass is 281 g/mol. The van der Waals surface area contributed by atoms with E-state index >= 15 is 0 Å². The van der Waals surface area contributed by atoms with Gasteiger partial charge in [-0.3, -0.25) is 0 Å². The van der Waals surface area contributed by atoms with E-state index in [0.717, 1.165) is 5.69 Å². The minimum atomic E-state index is -0.103. The first kappa shape index (κ1) is 18.2. The van der Waals surface area contributed by atoms with Crippen molar-refractivity contribution in [1.29, 1.82) is 0 Å². The summed E-state index contributed by atoms with van der Waals surface area (Å²) in [5.74, 6) is 0. The Bertz CT molecular complexity index is 377. The molecule has 1 fully saturated rings. The number of nitrogen functional groups attached to an aromatic ring is 1. The number of carbonyl (C=O) groups is 1. The van der Waals surface area contributed by atoms with Crippen LogP contribution in [0.1, 0.15) is 27.7 Å². The number of urea groups is 1. The lowest BCUT2D eigenvalue weighted by Crippen LogP contribution is -2.43. The molecule has 3 N–H and O–H groups in total. The maximum atomic E-state index is 11.8. The van der Waals surface area contributed by atoms with E-state index in [1.54, 1.807) is 17.0 Å². The summed E-state index contributed by atoms with van der Waals surface area (Å²) in [4.78, 5) is 13.5. The number of ether oxygens (including phenoxy) is 1. The summed E-state index contributed by atoms with van der Waals surface area (Å²) in [5, 5.41) is 2.80. The summed E-state index contributed by atoms with van der Waals surface area (Å²) in [6.45, 7) is 10.5. The fourth-order valence-electron chi connectivity index (χ4n) is 1.59. The number of nitrogens with zero attached hydrogens (tertiary/aromatic N) is 1. The van der Waals surface area contributed by atoms with Gasteiger partial charge in [0, 0.05) is 24.5 Å². The van der Waals surface area contributed by atoms with Crippen molar-refractivity contribution in [2.45, 2.75) is 27.7 Å². The van der Waals surface area contributed by atoms with Crippen LogP contribution in [0.5, 0.6) is 0 Å². The molecule has 1 aromatic carbocycles. The van der Waals surface area contributed by atoms with E-state index in [4.69, 9.17) is 10.5 Å². The quantitative estimate of drug-likeness (QED) is 0.777. The molecule has 0 unspecified atom stereocenters. The van der Waals surface area contributed by atoms with E-state index in [1.165, 1.54) is 0 Å². The number of rotatable bonds is 1. The number of benzene rings is 1. The van der Waals surface area contributed by atoms with E-state index in [0.29, 0.717) is 32.0 Å². The molecule has 0 atom stereocenters. The molecule has 1 aliphatic rings. The molecule has 0 spiro atoms.